The van der Waals surface area contributed by atoms with E-state index in [0.29, 0.717) is 23.1 Å². The molecule has 2 aromatic rings. The Labute approximate surface area is 206 Å². The predicted molar refractivity (Wildman–Crippen MR) is 135 cm³/mol. The molecular weight excluding hydrogens is 478 g/mol. The van der Waals surface area contributed by atoms with Gasteiger partial charge in [0, 0.05) is 31.6 Å². The molecule has 0 saturated heterocycles. The molecule has 34 heavy (non-hydrogen) atoms. The standard InChI is InChI=1S/C24H32ClN3O5S/c1-5-33-22-10-7-6-9-21(22)28(34(4,31)32)16-8-11-23(29)27(18(2)24(30)26-3)17-19-12-14-20(25)15-13-19/h6-7,9-10,12-15,18H,5,8,11,16-17H2,1-4H3,(H,26,30)/t18-/m0/s1. The zero-order chi connectivity index (χ0) is 25.3. The Kier molecular flexibility index (Phi) is 10.2. The van der Waals surface area contributed by atoms with E-state index < -0.39 is 16.1 Å². The van der Waals surface area contributed by atoms with Crippen LogP contribution in [0.3, 0.4) is 0 Å². The first-order valence-electron chi connectivity index (χ1n) is 11.0. The molecular formula is C24H32ClN3O5S. The van der Waals surface area contributed by atoms with Crippen molar-refractivity contribution in [1.82, 2.24) is 10.2 Å². The second-order valence-corrected chi connectivity index (χ2v) is 10.1. The van der Waals surface area contributed by atoms with Gasteiger partial charge in [0.05, 0.1) is 18.6 Å². The monoisotopic (exact) mass is 509 g/mol. The Hall–Kier alpha value is -2.78. The highest BCUT2D eigenvalue weighted by Gasteiger charge is 2.26. The molecule has 0 radical (unpaired) electrons. The Morgan fingerprint density at radius 1 is 1.12 bits per heavy atom. The van der Waals surface area contributed by atoms with E-state index in [9.17, 15) is 18.0 Å². The van der Waals surface area contributed by atoms with E-state index in [2.05, 4.69) is 5.32 Å². The molecule has 0 aliphatic carbocycles. The number of hydrogen-bond donors (Lipinski definition) is 1. The molecule has 1 N–H and O–H groups in total. The maximum Gasteiger partial charge on any atom is 0.242 e. The fourth-order valence-electron chi connectivity index (χ4n) is 3.50. The highest BCUT2D eigenvalue weighted by Crippen LogP contribution is 2.30. The molecule has 2 aromatic carbocycles. The fourth-order valence-corrected chi connectivity index (χ4v) is 4.60. The summed E-state index contributed by atoms with van der Waals surface area (Å²) >= 11 is 5.96. The maximum atomic E-state index is 13.1. The second-order valence-electron chi connectivity index (χ2n) is 7.78. The number of rotatable bonds is 12. The van der Waals surface area contributed by atoms with Gasteiger partial charge in [-0.05, 0) is 50.1 Å². The summed E-state index contributed by atoms with van der Waals surface area (Å²) in [6, 6.07) is 13.2. The third-order valence-electron chi connectivity index (χ3n) is 5.27. The summed E-state index contributed by atoms with van der Waals surface area (Å²) in [6.45, 7) is 4.20. The molecule has 0 aromatic heterocycles. The molecule has 10 heteroatoms. The number of sulfonamides is 1. The molecule has 0 fully saturated rings. The van der Waals surface area contributed by atoms with Crippen molar-refractivity contribution in [2.24, 2.45) is 0 Å². The van der Waals surface area contributed by atoms with Gasteiger partial charge in [-0.25, -0.2) is 8.42 Å². The number of halogens is 1. The lowest BCUT2D eigenvalue weighted by Gasteiger charge is -2.29. The van der Waals surface area contributed by atoms with Crippen molar-refractivity contribution in [2.75, 3.05) is 30.8 Å². The zero-order valence-corrected chi connectivity index (χ0v) is 21.5. The average Bonchev–Trinajstić information content (AvgIpc) is 2.80. The Morgan fingerprint density at radius 3 is 2.35 bits per heavy atom. The molecule has 8 nitrogen and oxygen atoms in total. The number of hydrogen-bond acceptors (Lipinski definition) is 5. The quantitative estimate of drug-likeness (QED) is 0.472. The fraction of sp³-hybridized carbons (Fsp3) is 0.417. The summed E-state index contributed by atoms with van der Waals surface area (Å²) in [6.07, 6.45) is 1.46. The number of carbonyl (C=O) groups excluding carboxylic acids is 2. The molecule has 0 heterocycles. The third-order valence-corrected chi connectivity index (χ3v) is 6.70. The first-order chi connectivity index (χ1) is 16.1. The van der Waals surface area contributed by atoms with Gasteiger partial charge in [0.1, 0.15) is 11.8 Å². The summed E-state index contributed by atoms with van der Waals surface area (Å²) in [4.78, 5) is 26.9. The number of anilines is 1. The van der Waals surface area contributed by atoms with Gasteiger partial charge in [0.25, 0.3) is 0 Å². The second kappa shape index (κ2) is 12.6. The molecule has 1 atom stereocenters. The van der Waals surface area contributed by atoms with Crippen LogP contribution in [-0.2, 0) is 26.2 Å². The van der Waals surface area contributed by atoms with Crippen LogP contribution in [0, 0.1) is 0 Å². The lowest BCUT2D eigenvalue weighted by Crippen LogP contribution is -2.46. The molecule has 2 rings (SSSR count). The van der Waals surface area contributed by atoms with Crippen molar-refractivity contribution >= 4 is 39.1 Å². The van der Waals surface area contributed by atoms with Crippen LogP contribution in [0.15, 0.2) is 48.5 Å². The minimum absolute atomic E-state index is 0.0672. The molecule has 0 bridgehead atoms. The van der Waals surface area contributed by atoms with E-state index in [1.54, 1.807) is 55.5 Å². The number of likely N-dealkylation sites (N-methyl/N-ethyl adjacent to an activating group) is 1. The minimum atomic E-state index is -3.61. The van der Waals surface area contributed by atoms with Crippen LogP contribution in [0.2, 0.25) is 5.02 Å². The molecule has 0 aliphatic rings. The highest BCUT2D eigenvalue weighted by molar-refractivity contribution is 7.92. The average molecular weight is 510 g/mol. The van der Waals surface area contributed by atoms with E-state index in [-0.39, 0.29) is 37.7 Å². The molecule has 2 amide bonds. The van der Waals surface area contributed by atoms with Gasteiger partial charge in [0.2, 0.25) is 21.8 Å². The SMILES string of the molecule is CCOc1ccccc1N(CCCC(=O)N(Cc1ccc(Cl)cc1)[C@@H](C)C(=O)NC)S(C)(=O)=O. The van der Waals surface area contributed by atoms with E-state index >= 15 is 0 Å². The minimum Gasteiger partial charge on any atom is -0.492 e. The number of nitrogens with zero attached hydrogens (tertiary/aromatic N) is 2. The highest BCUT2D eigenvalue weighted by atomic mass is 35.5. The zero-order valence-electron chi connectivity index (χ0n) is 20.0. The van der Waals surface area contributed by atoms with Crippen LogP contribution in [0.5, 0.6) is 5.75 Å². The van der Waals surface area contributed by atoms with Crippen LogP contribution >= 0.6 is 11.6 Å². The van der Waals surface area contributed by atoms with E-state index in [4.69, 9.17) is 16.3 Å². The van der Waals surface area contributed by atoms with Crippen LogP contribution in [0.4, 0.5) is 5.69 Å². The molecule has 0 saturated carbocycles. The van der Waals surface area contributed by atoms with Crippen molar-refractivity contribution in [3.63, 3.8) is 0 Å². The first kappa shape index (κ1) is 27.5. The number of carbonyl (C=O) groups is 2. The lowest BCUT2D eigenvalue weighted by atomic mass is 10.1. The largest absolute Gasteiger partial charge is 0.492 e. The van der Waals surface area contributed by atoms with Crippen molar-refractivity contribution in [3.05, 3.63) is 59.1 Å². The summed E-state index contributed by atoms with van der Waals surface area (Å²) in [7, 11) is -2.09. The van der Waals surface area contributed by atoms with E-state index in [0.717, 1.165) is 11.8 Å². The summed E-state index contributed by atoms with van der Waals surface area (Å²) < 4.78 is 31.9. The van der Waals surface area contributed by atoms with Gasteiger partial charge in [-0.3, -0.25) is 13.9 Å². The Morgan fingerprint density at radius 2 is 1.76 bits per heavy atom. The van der Waals surface area contributed by atoms with Gasteiger partial charge in [-0.15, -0.1) is 0 Å². The van der Waals surface area contributed by atoms with Gasteiger partial charge in [-0.2, -0.15) is 0 Å². The molecule has 0 spiro atoms. The van der Waals surface area contributed by atoms with Crippen molar-refractivity contribution in [1.29, 1.82) is 0 Å². The van der Waals surface area contributed by atoms with Crippen molar-refractivity contribution in [3.8, 4) is 5.75 Å². The summed E-state index contributed by atoms with van der Waals surface area (Å²) in [5, 5.41) is 3.15. The lowest BCUT2D eigenvalue weighted by molar-refractivity contribution is -0.140. The number of para-hydroxylation sites is 2. The van der Waals surface area contributed by atoms with Gasteiger partial charge >= 0.3 is 0 Å². The Bertz CT molecular complexity index is 1080. The van der Waals surface area contributed by atoms with Crippen LogP contribution < -0.4 is 14.4 Å². The van der Waals surface area contributed by atoms with Crippen molar-refractivity contribution < 1.29 is 22.7 Å². The Balaban J connectivity index is 2.17. The van der Waals surface area contributed by atoms with Gasteiger partial charge < -0.3 is 15.0 Å². The maximum absolute atomic E-state index is 13.1. The summed E-state index contributed by atoms with van der Waals surface area (Å²) in [5.41, 5.74) is 1.26. The normalized spacial score (nSPS) is 12.0. The molecule has 186 valence electrons. The molecule has 0 aliphatic heterocycles. The van der Waals surface area contributed by atoms with Crippen LogP contribution in [0.25, 0.3) is 0 Å². The van der Waals surface area contributed by atoms with E-state index in [1.165, 1.54) is 16.3 Å². The molecule has 0 unspecified atom stereocenters. The van der Waals surface area contributed by atoms with Gasteiger partial charge in [-0.1, -0.05) is 35.9 Å². The van der Waals surface area contributed by atoms with Crippen LogP contribution in [-0.4, -0.2) is 57.6 Å². The smallest absolute Gasteiger partial charge is 0.242 e. The van der Waals surface area contributed by atoms with Crippen LogP contribution in [0.1, 0.15) is 32.3 Å². The number of ether oxygens (including phenoxy) is 1. The first-order valence-corrected chi connectivity index (χ1v) is 13.3. The number of benzene rings is 2. The predicted octanol–water partition coefficient (Wildman–Crippen LogP) is 3.45. The third kappa shape index (κ3) is 7.63. The number of nitrogens with one attached hydrogen (secondary N) is 1. The number of amides is 2. The van der Waals surface area contributed by atoms with Gasteiger partial charge in [0.15, 0.2) is 0 Å². The van der Waals surface area contributed by atoms with E-state index in [1.807, 2.05) is 6.92 Å². The van der Waals surface area contributed by atoms with Crippen molar-refractivity contribution in [2.45, 2.75) is 39.3 Å². The topological polar surface area (TPSA) is 96.0 Å². The summed E-state index contributed by atoms with van der Waals surface area (Å²) in [5.74, 6) is -0.0809.